The number of fused-ring (bicyclic) bond motifs is 1. The normalized spacial score (nSPS) is 10.9. The molecular weight excluding hydrogens is 482 g/mol. The minimum absolute atomic E-state index is 0.0180. The van der Waals surface area contributed by atoms with Crippen molar-refractivity contribution in [1.29, 1.82) is 0 Å². The van der Waals surface area contributed by atoms with Gasteiger partial charge in [0.15, 0.2) is 23.2 Å². The number of nitrogens with one attached hydrogen (secondary N) is 1. The number of anilines is 2. The van der Waals surface area contributed by atoms with Gasteiger partial charge in [0, 0.05) is 28.7 Å². The quantitative estimate of drug-likeness (QED) is 0.326. The van der Waals surface area contributed by atoms with Crippen molar-refractivity contribution in [3.05, 3.63) is 85.0 Å². The second-order valence-corrected chi connectivity index (χ2v) is 7.87. The Hall–Kier alpha value is -5.26. The highest BCUT2D eigenvalue weighted by Gasteiger charge is 2.21. The highest BCUT2D eigenvalue weighted by Crippen LogP contribution is 2.38. The molecule has 10 nitrogen and oxygen atoms in total. The van der Waals surface area contributed by atoms with Crippen LogP contribution in [0.2, 0.25) is 0 Å². The van der Waals surface area contributed by atoms with E-state index in [4.69, 9.17) is 10.5 Å². The number of amides is 1. The second-order valence-electron chi connectivity index (χ2n) is 7.87. The van der Waals surface area contributed by atoms with Crippen LogP contribution in [0.5, 0.6) is 11.8 Å². The summed E-state index contributed by atoms with van der Waals surface area (Å²) in [4.78, 5) is 23.7. The van der Waals surface area contributed by atoms with Crippen molar-refractivity contribution in [1.82, 2.24) is 29.8 Å². The molecule has 0 saturated carbocycles. The van der Waals surface area contributed by atoms with Crippen LogP contribution >= 0.6 is 0 Å². The number of rotatable bonds is 6. The number of halogens is 2. The molecule has 3 N–H and O–H groups in total. The van der Waals surface area contributed by atoms with Gasteiger partial charge in [0.1, 0.15) is 17.5 Å². The summed E-state index contributed by atoms with van der Waals surface area (Å²) in [5.41, 5.74) is 9.48. The van der Waals surface area contributed by atoms with Crippen LogP contribution in [0, 0.1) is 12.7 Å². The van der Waals surface area contributed by atoms with Crippen LogP contribution in [0.25, 0.3) is 27.9 Å². The molecule has 5 aromatic rings. The molecule has 0 aliphatic carbocycles. The SMILES string of the molecule is C=C(F)C(=O)Nc1ccc(-c2nn3ncnc(N)c3c2-c2ccc(Oc3nccc(C)n3)c(F)c2)cc1. The van der Waals surface area contributed by atoms with Gasteiger partial charge in [-0.2, -0.15) is 0 Å². The Balaban J connectivity index is 1.57. The number of carbonyl (C=O) groups is 1. The monoisotopic (exact) mass is 500 g/mol. The van der Waals surface area contributed by atoms with Crippen LogP contribution in [0.3, 0.4) is 0 Å². The molecule has 0 unspecified atom stereocenters. The zero-order valence-corrected chi connectivity index (χ0v) is 19.3. The molecule has 184 valence electrons. The number of nitrogens with zero attached hydrogens (tertiary/aromatic N) is 6. The first-order valence-corrected chi connectivity index (χ1v) is 10.8. The van der Waals surface area contributed by atoms with Crippen LogP contribution in [-0.2, 0) is 4.79 Å². The first-order valence-electron chi connectivity index (χ1n) is 10.8. The Morgan fingerprint density at radius 3 is 2.57 bits per heavy atom. The molecule has 0 radical (unpaired) electrons. The second kappa shape index (κ2) is 9.41. The smallest absolute Gasteiger partial charge is 0.322 e. The Morgan fingerprint density at radius 1 is 1.11 bits per heavy atom. The van der Waals surface area contributed by atoms with Gasteiger partial charge in [0.05, 0.1) is 0 Å². The number of aromatic nitrogens is 6. The first kappa shape index (κ1) is 23.5. The average molecular weight is 500 g/mol. The molecule has 0 aliphatic rings. The third-order valence-corrected chi connectivity index (χ3v) is 5.33. The molecule has 0 fully saturated rings. The highest BCUT2D eigenvalue weighted by molar-refractivity contribution is 6.02. The maximum atomic E-state index is 15.2. The fraction of sp³-hybridized carbons (Fsp3) is 0.0400. The summed E-state index contributed by atoms with van der Waals surface area (Å²) in [5, 5.41) is 11.0. The maximum absolute atomic E-state index is 15.2. The lowest BCUT2D eigenvalue weighted by Gasteiger charge is -2.09. The Labute approximate surface area is 208 Å². The lowest BCUT2D eigenvalue weighted by atomic mass is 9.99. The van der Waals surface area contributed by atoms with Crippen LogP contribution < -0.4 is 15.8 Å². The molecule has 0 atom stereocenters. The van der Waals surface area contributed by atoms with E-state index in [2.05, 4.69) is 37.0 Å². The van der Waals surface area contributed by atoms with E-state index < -0.39 is 17.6 Å². The van der Waals surface area contributed by atoms with Gasteiger partial charge < -0.3 is 15.8 Å². The average Bonchev–Trinajstić information content (AvgIpc) is 3.27. The van der Waals surface area contributed by atoms with Crippen molar-refractivity contribution in [2.45, 2.75) is 6.92 Å². The van der Waals surface area contributed by atoms with Crippen molar-refractivity contribution < 1.29 is 18.3 Å². The van der Waals surface area contributed by atoms with Gasteiger partial charge in [-0.3, -0.25) is 4.79 Å². The third-order valence-electron chi connectivity index (χ3n) is 5.33. The van der Waals surface area contributed by atoms with E-state index >= 15 is 4.39 Å². The summed E-state index contributed by atoms with van der Waals surface area (Å²) in [6.07, 6.45) is 2.77. The van der Waals surface area contributed by atoms with Gasteiger partial charge in [0.25, 0.3) is 5.91 Å². The number of ether oxygens (including phenoxy) is 1. The molecule has 12 heteroatoms. The fourth-order valence-corrected chi connectivity index (χ4v) is 3.62. The Bertz CT molecular complexity index is 1670. The maximum Gasteiger partial charge on any atom is 0.322 e. The van der Waals surface area contributed by atoms with Crippen molar-refractivity contribution in [2.75, 3.05) is 11.1 Å². The Kier molecular flexibility index (Phi) is 5.97. The van der Waals surface area contributed by atoms with Gasteiger partial charge in [-0.15, -0.1) is 14.8 Å². The number of aryl methyl sites for hydroxylation is 1. The van der Waals surface area contributed by atoms with Crippen LogP contribution in [0.4, 0.5) is 20.3 Å². The van der Waals surface area contributed by atoms with Crippen molar-refractivity contribution >= 4 is 22.9 Å². The zero-order valence-electron chi connectivity index (χ0n) is 19.3. The van der Waals surface area contributed by atoms with Gasteiger partial charge in [0.2, 0.25) is 0 Å². The third kappa shape index (κ3) is 4.67. The van der Waals surface area contributed by atoms with Gasteiger partial charge in [-0.1, -0.05) is 24.8 Å². The van der Waals surface area contributed by atoms with Crippen molar-refractivity contribution in [3.63, 3.8) is 0 Å². The molecule has 5 rings (SSSR count). The molecule has 0 saturated heterocycles. The van der Waals surface area contributed by atoms with E-state index in [1.54, 1.807) is 43.3 Å². The molecule has 0 spiro atoms. The number of hydrogen-bond acceptors (Lipinski definition) is 8. The zero-order chi connectivity index (χ0) is 26.1. The highest BCUT2D eigenvalue weighted by atomic mass is 19.1. The predicted octanol–water partition coefficient (Wildman–Crippen LogP) is 4.49. The standard InChI is InChI=1S/C25H18F2N8O2/c1-13-9-10-29-25(32-13)37-19-8-5-16(11-18(19)27)20-21(34-35-22(20)23(28)30-12-31-35)15-3-6-17(7-4-15)33-24(36)14(2)26/h3-12H,2H2,1H3,(H,33,36)(H2,28,30,31). The Morgan fingerprint density at radius 2 is 1.86 bits per heavy atom. The number of carbonyl (C=O) groups excluding carboxylic acids is 1. The first-order chi connectivity index (χ1) is 17.8. The summed E-state index contributed by atoms with van der Waals surface area (Å²) in [5.74, 6) is -2.63. The van der Waals surface area contributed by atoms with E-state index in [9.17, 15) is 9.18 Å². The number of hydrogen-bond donors (Lipinski definition) is 2. The lowest BCUT2D eigenvalue weighted by molar-refractivity contribution is -0.114. The summed E-state index contributed by atoms with van der Waals surface area (Å²) >= 11 is 0. The van der Waals surface area contributed by atoms with Crippen LogP contribution in [0.15, 0.2) is 73.5 Å². The van der Waals surface area contributed by atoms with Crippen molar-refractivity contribution in [2.24, 2.45) is 0 Å². The molecule has 1 amide bonds. The van der Waals surface area contributed by atoms with Gasteiger partial charge >= 0.3 is 6.01 Å². The number of nitrogens with two attached hydrogens (primary N) is 1. The molecule has 3 aromatic heterocycles. The van der Waals surface area contributed by atoms with Gasteiger partial charge in [-0.25, -0.2) is 23.7 Å². The van der Waals surface area contributed by atoms with E-state index in [1.165, 1.54) is 29.3 Å². The molecule has 0 aliphatic heterocycles. The van der Waals surface area contributed by atoms with E-state index in [0.29, 0.717) is 39.3 Å². The lowest BCUT2D eigenvalue weighted by Crippen LogP contribution is -2.10. The fourth-order valence-electron chi connectivity index (χ4n) is 3.62. The van der Waals surface area contributed by atoms with Crippen LogP contribution in [-0.4, -0.2) is 35.7 Å². The van der Waals surface area contributed by atoms with Crippen LogP contribution in [0.1, 0.15) is 5.69 Å². The summed E-state index contributed by atoms with van der Waals surface area (Å²) in [6, 6.07) is 12.5. The predicted molar refractivity (Wildman–Crippen MR) is 132 cm³/mol. The summed E-state index contributed by atoms with van der Waals surface area (Å²) in [6.45, 7) is 4.74. The summed E-state index contributed by atoms with van der Waals surface area (Å²) < 4.78 is 35.0. The number of benzene rings is 2. The van der Waals surface area contributed by atoms with E-state index in [-0.39, 0.29) is 17.6 Å². The minimum atomic E-state index is -1.11. The molecular formula is C25H18F2N8O2. The van der Waals surface area contributed by atoms with Crippen molar-refractivity contribution in [3.8, 4) is 34.1 Å². The molecule has 2 aromatic carbocycles. The molecule has 37 heavy (non-hydrogen) atoms. The topological polar surface area (TPSA) is 133 Å². The number of nitrogen functional groups attached to an aromatic ring is 1. The molecule has 0 bridgehead atoms. The van der Waals surface area contributed by atoms with Gasteiger partial charge in [-0.05, 0) is 42.8 Å². The summed E-state index contributed by atoms with van der Waals surface area (Å²) in [7, 11) is 0. The van der Waals surface area contributed by atoms with E-state index in [1.807, 2.05) is 0 Å². The largest absolute Gasteiger partial charge is 0.421 e. The minimum Gasteiger partial charge on any atom is -0.421 e. The van der Waals surface area contributed by atoms with E-state index in [0.717, 1.165) is 0 Å². The molecule has 3 heterocycles.